The number of esters is 1. The van der Waals surface area contributed by atoms with E-state index in [1.807, 2.05) is 31.2 Å². The number of rotatable bonds is 7. The van der Waals surface area contributed by atoms with Crippen LogP contribution in [-0.4, -0.2) is 37.6 Å². The fourth-order valence-electron chi connectivity index (χ4n) is 3.39. The SMILES string of the molecule is Cc1ccc(NC(=O)Cc2nc(COC(=O)c3ccc(N4CCCS4(=O)=O)cc3)cs2)cc1. The number of anilines is 2. The van der Waals surface area contributed by atoms with E-state index in [4.69, 9.17) is 4.74 Å². The minimum atomic E-state index is -3.26. The molecule has 1 aromatic heterocycles. The summed E-state index contributed by atoms with van der Waals surface area (Å²) in [6, 6.07) is 13.8. The summed E-state index contributed by atoms with van der Waals surface area (Å²) in [4.78, 5) is 28.9. The molecule has 0 saturated carbocycles. The number of hydrogen-bond donors (Lipinski definition) is 1. The minimum Gasteiger partial charge on any atom is -0.456 e. The molecule has 2 heterocycles. The Morgan fingerprint density at radius 2 is 1.85 bits per heavy atom. The van der Waals surface area contributed by atoms with Gasteiger partial charge < -0.3 is 10.1 Å². The smallest absolute Gasteiger partial charge is 0.338 e. The number of nitrogens with zero attached hydrogens (tertiary/aromatic N) is 2. The Hall–Kier alpha value is -3.24. The van der Waals surface area contributed by atoms with E-state index in [0.717, 1.165) is 11.3 Å². The Morgan fingerprint density at radius 1 is 1.12 bits per heavy atom. The summed E-state index contributed by atoms with van der Waals surface area (Å²) in [7, 11) is -3.26. The van der Waals surface area contributed by atoms with Gasteiger partial charge in [0, 0.05) is 17.6 Å². The van der Waals surface area contributed by atoms with E-state index >= 15 is 0 Å². The third kappa shape index (κ3) is 5.77. The standard InChI is InChI=1S/C23H23N3O5S2/c1-16-3-7-18(8-4-16)24-21(27)13-22-25-19(15-32-22)14-31-23(28)17-5-9-20(10-6-17)26-11-2-12-33(26,29)30/h3-10,15H,2,11-14H2,1H3,(H,24,27). The highest BCUT2D eigenvalue weighted by molar-refractivity contribution is 7.93. The first-order valence-corrected chi connectivity index (χ1v) is 12.9. The maximum Gasteiger partial charge on any atom is 0.338 e. The van der Waals surface area contributed by atoms with Crippen molar-refractivity contribution in [2.75, 3.05) is 21.9 Å². The highest BCUT2D eigenvalue weighted by atomic mass is 32.2. The molecule has 1 saturated heterocycles. The number of aryl methyl sites for hydroxylation is 1. The van der Waals surface area contributed by atoms with Gasteiger partial charge in [0.25, 0.3) is 0 Å². The van der Waals surface area contributed by atoms with Crippen LogP contribution in [0.5, 0.6) is 0 Å². The molecule has 1 N–H and O–H groups in total. The topological polar surface area (TPSA) is 106 Å². The lowest BCUT2D eigenvalue weighted by molar-refractivity contribution is -0.115. The summed E-state index contributed by atoms with van der Waals surface area (Å²) in [5.74, 6) is -0.561. The Labute approximate surface area is 196 Å². The molecule has 3 aromatic rings. The number of amides is 1. The van der Waals surface area contributed by atoms with Gasteiger partial charge >= 0.3 is 5.97 Å². The summed E-state index contributed by atoms with van der Waals surface area (Å²) in [6.07, 6.45) is 0.725. The molecule has 10 heteroatoms. The van der Waals surface area contributed by atoms with Crippen LogP contribution < -0.4 is 9.62 Å². The van der Waals surface area contributed by atoms with Crippen LogP contribution in [0, 0.1) is 6.92 Å². The lowest BCUT2D eigenvalue weighted by Gasteiger charge is -2.16. The molecule has 0 bridgehead atoms. The van der Waals surface area contributed by atoms with Crippen LogP contribution in [0.2, 0.25) is 0 Å². The van der Waals surface area contributed by atoms with E-state index in [-0.39, 0.29) is 24.7 Å². The Morgan fingerprint density at radius 3 is 2.52 bits per heavy atom. The van der Waals surface area contributed by atoms with E-state index in [9.17, 15) is 18.0 Å². The number of carbonyl (C=O) groups excluding carboxylic acids is 2. The second kappa shape index (κ2) is 9.72. The zero-order valence-corrected chi connectivity index (χ0v) is 19.6. The van der Waals surface area contributed by atoms with Crippen molar-refractivity contribution in [2.24, 2.45) is 0 Å². The first-order chi connectivity index (χ1) is 15.8. The quantitative estimate of drug-likeness (QED) is 0.513. The normalized spacial score (nSPS) is 14.8. The van der Waals surface area contributed by atoms with Gasteiger partial charge in [0.1, 0.15) is 11.6 Å². The number of ether oxygens (including phenoxy) is 1. The van der Waals surface area contributed by atoms with Gasteiger partial charge in [-0.2, -0.15) is 0 Å². The van der Waals surface area contributed by atoms with Gasteiger partial charge in [-0.15, -0.1) is 11.3 Å². The molecule has 0 aliphatic carbocycles. The van der Waals surface area contributed by atoms with Crippen molar-refractivity contribution < 1.29 is 22.7 Å². The molecule has 0 spiro atoms. The number of nitrogens with one attached hydrogen (secondary N) is 1. The monoisotopic (exact) mass is 485 g/mol. The third-order valence-electron chi connectivity index (χ3n) is 5.09. The van der Waals surface area contributed by atoms with Gasteiger partial charge in [0.15, 0.2) is 0 Å². The molecule has 1 fully saturated rings. The average Bonchev–Trinajstić information content (AvgIpc) is 3.39. The fourth-order valence-corrected chi connectivity index (χ4v) is 5.73. The molecule has 172 valence electrons. The molecule has 2 aromatic carbocycles. The molecular formula is C23H23N3O5S2. The lowest BCUT2D eigenvalue weighted by atomic mass is 10.2. The second-order valence-electron chi connectivity index (χ2n) is 7.69. The molecule has 8 nitrogen and oxygen atoms in total. The second-order valence-corrected chi connectivity index (χ2v) is 10.6. The van der Waals surface area contributed by atoms with E-state index in [1.54, 1.807) is 29.6 Å². The lowest BCUT2D eigenvalue weighted by Crippen LogP contribution is -2.25. The van der Waals surface area contributed by atoms with Crippen molar-refractivity contribution in [1.82, 2.24) is 4.98 Å². The van der Waals surface area contributed by atoms with Crippen LogP contribution in [-0.2, 0) is 32.6 Å². The molecule has 0 atom stereocenters. The maximum absolute atomic E-state index is 12.3. The van der Waals surface area contributed by atoms with E-state index in [1.165, 1.54) is 15.6 Å². The molecule has 1 aliphatic heterocycles. The van der Waals surface area contributed by atoms with Crippen LogP contribution in [0.3, 0.4) is 0 Å². The molecule has 0 unspecified atom stereocenters. The molecule has 4 rings (SSSR count). The first kappa shape index (κ1) is 22.9. The number of aromatic nitrogens is 1. The Kier molecular flexibility index (Phi) is 6.75. The van der Waals surface area contributed by atoms with E-state index in [2.05, 4.69) is 10.3 Å². The molecule has 33 heavy (non-hydrogen) atoms. The van der Waals surface area contributed by atoms with Crippen molar-refractivity contribution in [3.8, 4) is 0 Å². The van der Waals surface area contributed by atoms with Gasteiger partial charge in [0.05, 0.1) is 29.1 Å². The minimum absolute atomic E-state index is 0.0167. The van der Waals surface area contributed by atoms with Gasteiger partial charge in [-0.3, -0.25) is 9.10 Å². The zero-order chi connectivity index (χ0) is 23.4. The predicted molar refractivity (Wildman–Crippen MR) is 127 cm³/mol. The highest BCUT2D eigenvalue weighted by Gasteiger charge is 2.28. The van der Waals surface area contributed by atoms with Crippen LogP contribution in [0.4, 0.5) is 11.4 Å². The number of benzene rings is 2. The zero-order valence-electron chi connectivity index (χ0n) is 18.0. The van der Waals surface area contributed by atoms with Gasteiger partial charge in [0.2, 0.25) is 15.9 Å². The maximum atomic E-state index is 12.3. The predicted octanol–water partition coefficient (Wildman–Crippen LogP) is 3.53. The summed E-state index contributed by atoms with van der Waals surface area (Å²) in [6.45, 7) is 2.41. The first-order valence-electron chi connectivity index (χ1n) is 10.4. The van der Waals surface area contributed by atoms with Crippen molar-refractivity contribution >= 4 is 44.6 Å². The Balaban J connectivity index is 1.28. The number of sulfonamides is 1. The van der Waals surface area contributed by atoms with Crippen molar-refractivity contribution in [1.29, 1.82) is 0 Å². The Bertz CT molecular complexity index is 1250. The highest BCUT2D eigenvalue weighted by Crippen LogP contribution is 2.24. The summed E-state index contributed by atoms with van der Waals surface area (Å²) in [5.41, 5.74) is 3.26. The van der Waals surface area contributed by atoms with Gasteiger partial charge in [-0.05, 0) is 49.7 Å². The molecule has 1 amide bonds. The van der Waals surface area contributed by atoms with Crippen LogP contribution in [0.15, 0.2) is 53.9 Å². The van der Waals surface area contributed by atoms with Crippen LogP contribution >= 0.6 is 11.3 Å². The van der Waals surface area contributed by atoms with Crippen LogP contribution in [0.25, 0.3) is 0 Å². The summed E-state index contributed by atoms with van der Waals surface area (Å²) < 4.78 is 30.7. The van der Waals surface area contributed by atoms with Gasteiger partial charge in [-0.25, -0.2) is 18.2 Å². The van der Waals surface area contributed by atoms with E-state index < -0.39 is 16.0 Å². The van der Waals surface area contributed by atoms with Gasteiger partial charge in [-0.1, -0.05) is 17.7 Å². The number of carbonyl (C=O) groups is 2. The number of thiazole rings is 1. The summed E-state index contributed by atoms with van der Waals surface area (Å²) >= 11 is 1.33. The summed E-state index contributed by atoms with van der Waals surface area (Å²) in [5, 5.41) is 5.21. The van der Waals surface area contributed by atoms with Crippen molar-refractivity contribution in [2.45, 2.75) is 26.4 Å². The average molecular weight is 486 g/mol. The third-order valence-corrected chi connectivity index (χ3v) is 7.85. The van der Waals surface area contributed by atoms with Crippen LogP contribution in [0.1, 0.15) is 33.0 Å². The molecule has 0 radical (unpaired) electrons. The van der Waals surface area contributed by atoms with Crippen molar-refractivity contribution in [3.63, 3.8) is 0 Å². The fraction of sp³-hybridized carbons (Fsp3) is 0.261. The molecule has 1 aliphatic rings. The largest absolute Gasteiger partial charge is 0.456 e. The molecular weight excluding hydrogens is 462 g/mol. The van der Waals surface area contributed by atoms with Crippen molar-refractivity contribution in [3.05, 3.63) is 75.7 Å². The van der Waals surface area contributed by atoms with E-state index in [0.29, 0.717) is 34.9 Å². The number of hydrogen-bond acceptors (Lipinski definition) is 7.